The van der Waals surface area contributed by atoms with Crippen LogP contribution in [-0.4, -0.2) is 53.3 Å². The first-order valence-electron chi connectivity index (χ1n) is 8.65. The quantitative estimate of drug-likeness (QED) is 0.584. The number of aryl methyl sites for hydroxylation is 1. The lowest BCUT2D eigenvalue weighted by atomic mass is 10.1. The van der Waals surface area contributed by atoms with E-state index < -0.39 is 17.6 Å². The zero-order valence-electron chi connectivity index (χ0n) is 15.1. The van der Waals surface area contributed by atoms with E-state index in [1.54, 1.807) is 26.0 Å². The summed E-state index contributed by atoms with van der Waals surface area (Å²) in [6.07, 6.45) is 1.77. The van der Waals surface area contributed by atoms with Crippen LogP contribution in [0.4, 0.5) is 5.82 Å². The Morgan fingerprint density at radius 3 is 2.93 bits per heavy atom. The molecule has 0 saturated carbocycles. The summed E-state index contributed by atoms with van der Waals surface area (Å²) in [4.78, 5) is 54.8. The van der Waals surface area contributed by atoms with Crippen molar-refractivity contribution in [1.29, 1.82) is 0 Å². The van der Waals surface area contributed by atoms with Crippen molar-refractivity contribution in [3.63, 3.8) is 0 Å². The molecule has 1 fully saturated rings. The van der Waals surface area contributed by atoms with E-state index in [0.717, 1.165) is 5.56 Å². The van der Waals surface area contributed by atoms with Gasteiger partial charge in [0, 0.05) is 19.3 Å². The molecule has 1 saturated heterocycles. The van der Waals surface area contributed by atoms with E-state index in [-0.39, 0.29) is 30.3 Å². The van der Waals surface area contributed by atoms with Crippen molar-refractivity contribution < 1.29 is 19.1 Å². The largest absolute Gasteiger partial charge is 0.466 e. The van der Waals surface area contributed by atoms with Gasteiger partial charge in [0.2, 0.25) is 5.91 Å². The predicted octanol–water partition coefficient (Wildman–Crippen LogP) is 0.0734. The van der Waals surface area contributed by atoms with Gasteiger partial charge in [-0.25, -0.2) is 4.98 Å². The molecular formula is C18H20N4O5. The normalized spacial score (nSPS) is 16.9. The number of carbonyl (C=O) groups is 3. The van der Waals surface area contributed by atoms with E-state index in [2.05, 4.69) is 10.3 Å². The molecule has 0 aliphatic carbocycles. The predicted molar refractivity (Wildman–Crippen MR) is 97.0 cm³/mol. The molecule has 1 amide bonds. The number of piperazine rings is 1. The van der Waals surface area contributed by atoms with Gasteiger partial charge >= 0.3 is 5.97 Å². The average Bonchev–Trinajstić information content (AvgIpc) is 2.64. The number of carbonyl (C=O) groups excluding carboxylic acids is 3. The maximum atomic E-state index is 12.8. The molecule has 3 rings (SSSR count). The minimum absolute atomic E-state index is 0.105. The number of aldehydes is 1. The minimum Gasteiger partial charge on any atom is -0.466 e. The summed E-state index contributed by atoms with van der Waals surface area (Å²) >= 11 is 0. The van der Waals surface area contributed by atoms with Crippen molar-refractivity contribution in [2.75, 3.05) is 24.6 Å². The van der Waals surface area contributed by atoms with Crippen LogP contribution in [0.2, 0.25) is 0 Å². The molecule has 27 heavy (non-hydrogen) atoms. The third-order valence-corrected chi connectivity index (χ3v) is 4.45. The number of nitrogens with one attached hydrogen (secondary N) is 1. The first-order valence-corrected chi connectivity index (χ1v) is 8.65. The van der Waals surface area contributed by atoms with Gasteiger partial charge in [-0.15, -0.1) is 0 Å². The van der Waals surface area contributed by atoms with Gasteiger partial charge in [0.05, 0.1) is 13.0 Å². The van der Waals surface area contributed by atoms with Gasteiger partial charge < -0.3 is 15.0 Å². The van der Waals surface area contributed by atoms with Crippen LogP contribution in [0.3, 0.4) is 0 Å². The Labute approximate surface area is 154 Å². The van der Waals surface area contributed by atoms with Crippen LogP contribution in [-0.2, 0) is 14.3 Å². The molecule has 1 aliphatic rings. The highest BCUT2D eigenvalue weighted by Gasteiger charge is 2.35. The number of hydrogen-bond acceptors (Lipinski definition) is 7. The molecule has 1 N–H and O–H groups in total. The fourth-order valence-corrected chi connectivity index (χ4v) is 3.17. The van der Waals surface area contributed by atoms with Crippen LogP contribution >= 0.6 is 0 Å². The second-order valence-corrected chi connectivity index (χ2v) is 6.17. The van der Waals surface area contributed by atoms with E-state index in [1.165, 1.54) is 15.5 Å². The van der Waals surface area contributed by atoms with Crippen molar-refractivity contribution in [3.05, 3.63) is 39.8 Å². The van der Waals surface area contributed by atoms with Crippen LogP contribution in [0, 0.1) is 6.92 Å². The summed E-state index contributed by atoms with van der Waals surface area (Å²) in [6, 6.07) is 2.58. The van der Waals surface area contributed by atoms with Crippen molar-refractivity contribution in [2.24, 2.45) is 0 Å². The first kappa shape index (κ1) is 18.6. The lowest BCUT2D eigenvalue weighted by Crippen LogP contribution is -2.57. The molecule has 2 aromatic rings. The monoisotopic (exact) mass is 372 g/mol. The highest BCUT2D eigenvalue weighted by Crippen LogP contribution is 2.22. The highest BCUT2D eigenvalue weighted by molar-refractivity contribution is 5.92. The molecular weight excluding hydrogens is 352 g/mol. The fourth-order valence-electron chi connectivity index (χ4n) is 3.17. The van der Waals surface area contributed by atoms with Crippen LogP contribution in [0.5, 0.6) is 0 Å². The summed E-state index contributed by atoms with van der Waals surface area (Å²) in [5, 5.41) is 2.69. The van der Waals surface area contributed by atoms with Gasteiger partial charge in [-0.1, -0.05) is 6.07 Å². The van der Waals surface area contributed by atoms with Gasteiger partial charge in [0.15, 0.2) is 6.29 Å². The number of rotatable bonds is 5. The molecule has 9 nitrogen and oxygen atoms in total. The van der Waals surface area contributed by atoms with Crippen LogP contribution in [0.1, 0.15) is 29.3 Å². The number of nitrogens with zero attached hydrogens (tertiary/aromatic N) is 3. The number of anilines is 1. The minimum atomic E-state index is -0.908. The van der Waals surface area contributed by atoms with Crippen molar-refractivity contribution in [3.8, 4) is 0 Å². The Hall–Kier alpha value is -3.23. The molecule has 0 spiro atoms. The Morgan fingerprint density at radius 2 is 2.22 bits per heavy atom. The van der Waals surface area contributed by atoms with Gasteiger partial charge in [0.25, 0.3) is 5.56 Å². The first-order chi connectivity index (χ1) is 13.0. The summed E-state index contributed by atoms with van der Waals surface area (Å²) in [5.41, 5.74) is 0.469. The van der Waals surface area contributed by atoms with Gasteiger partial charge in [-0.2, -0.15) is 0 Å². The zero-order chi connectivity index (χ0) is 19.6. The summed E-state index contributed by atoms with van der Waals surface area (Å²) in [6.45, 7) is 4.29. The number of pyridine rings is 1. The van der Waals surface area contributed by atoms with Crippen LogP contribution in [0.25, 0.3) is 5.65 Å². The fraction of sp³-hybridized carbons (Fsp3) is 0.389. The molecule has 0 aromatic carbocycles. The second kappa shape index (κ2) is 7.56. The third kappa shape index (κ3) is 3.40. The van der Waals surface area contributed by atoms with Crippen molar-refractivity contribution in [1.82, 2.24) is 14.7 Å². The molecule has 2 aromatic heterocycles. The van der Waals surface area contributed by atoms with Crippen molar-refractivity contribution in [2.45, 2.75) is 26.3 Å². The summed E-state index contributed by atoms with van der Waals surface area (Å²) < 4.78 is 6.24. The van der Waals surface area contributed by atoms with Crippen LogP contribution < -0.4 is 15.8 Å². The Morgan fingerprint density at radius 1 is 1.44 bits per heavy atom. The molecule has 1 aliphatic heterocycles. The second-order valence-electron chi connectivity index (χ2n) is 6.17. The van der Waals surface area contributed by atoms with Gasteiger partial charge in [0.1, 0.15) is 23.1 Å². The number of hydrogen-bond donors (Lipinski definition) is 1. The average molecular weight is 372 g/mol. The zero-order valence-corrected chi connectivity index (χ0v) is 15.1. The van der Waals surface area contributed by atoms with E-state index in [0.29, 0.717) is 25.0 Å². The van der Waals surface area contributed by atoms with Crippen LogP contribution in [0.15, 0.2) is 23.1 Å². The van der Waals surface area contributed by atoms with Gasteiger partial charge in [-0.3, -0.25) is 23.6 Å². The standard InChI is InChI=1S/C18H20N4O5/c1-3-27-14(24)9-13-17(25)19-6-8-21(13)16-12(10-23)18(26)22-7-4-5-11(2)15(22)20-16/h4-5,7,10,13H,3,6,8-9H2,1-2H3,(H,19,25)/t13-/m1/s1. The topological polar surface area (TPSA) is 110 Å². The van der Waals surface area contributed by atoms with E-state index in [1.807, 2.05) is 0 Å². The number of esters is 1. The number of amides is 1. The molecule has 3 heterocycles. The third-order valence-electron chi connectivity index (χ3n) is 4.45. The molecule has 0 radical (unpaired) electrons. The number of fused-ring (bicyclic) bond motifs is 1. The molecule has 0 unspecified atom stereocenters. The van der Waals surface area contributed by atoms with E-state index in [4.69, 9.17) is 4.74 Å². The number of ether oxygens (including phenoxy) is 1. The summed E-state index contributed by atoms with van der Waals surface area (Å²) in [7, 11) is 0. The summed E-state index contributed by atoms with van der Waals surface area (Å²) in [5.74, 6) is -0.808. The van der Waals surface area contributed by atoms with Gasteiger partial charge in [-0.05, 0) is 25.5 Å². The van der Waals surface area contributed by atoms with E-state index >= 15 is 0 Å². The SMILES string of the molecule is CCOC(=O)C[C@@H]1C(=O)NCCN1c1nc2c(C)cccn2c(=O)c1C=O. The smallest absolute Gasteiger partial charge is 0.308 e. The molecule has 142 valence electrons. The number of aromatic nitrogens is 2. The Bertz CT molecular complexity index is 968. The maximum absolute atomic E-state index is 12.8. The Kier molecular flexibility index (Phi) is 5.20. The molecule has 0 bridgehead atoms. The van der Waals surface area contributed by atoms with Crippen molar-refractivity contribution >= 4 is 29.6 Å². The molecule has 1 atom stereocenters. The molecule has 9 heteroatoms. The highest BCUT2D eigenvalue weighted by atomic mass is 16.5. The maximum Gasteiger partial charge on any atom is 0.308 e. The van der Waals surface area contributed by atoms with E-state index in [9.17, 15) is 19.2 Å². The Balaban J connectivity index is 2.14. The lowest BCUT2D eigenvalue weighted by molar-refractivity contribution is -0.145. The lowest BCUT2D eigenvalue weighted by Gasteiger charge is -2.36.